The highest BCUT2D eigenvalue weighted by Gasteiger charge is 2.12. The van der Waals surface area contributed by atoms with Gasteiger partial charge in [-0.3, -0.25) is 9.59 Å². The van der Waals surface area contributed by atoms with Gasteiger partial charge in [0, 0.05) is 29.9 Å². The number of amides is 1. The van der Waals surface area contributed by atoms with Crippen molar-refractivity contribution in [3.63, 3.8) is 0 Å². The van der Waals surface area contributed by atoms with E-state index in [-0.39, 0.29) is 18.0 Å². The van der Waals surface area contributed by atoms with Gasteiger partial charge < -0.3 is 15.0 Å². The van der Waals surface area contributed by atoms with Crippen LogP contribution in [-0.2, 0) is 16.1 Å². The number of benzene rings is 2. The van der Waals surface area contributed by atoms with Gasteiger partial charge >= 0.3 is 0 Å². The maximum Gasteiger partial charge on any atom is 0.275 e. The van der Waals surface area contributed by atoms with Gasteiger partial charge in [-0.25, -0.2) is 4.68 Å². The Morgan fingerprint density at radius 1 is 1.07 bits per heavy atom. The summed E-state index contributed by atoms with van der Waals surface area (Å²) >= 11 is 0. The van der Waals surface area contributed by atoms with Gasteiger partial charge in [0.25, 0.3) is 5.56 Å². The third-order valence-electron chi connectivity index (χ3n) is 4.58. The van der Waals surface area contributed by atoms with Crippen molar-refractivity contribution < 1.29 is 9.53 Å². The first kappa shape index (κ1) is 17.2. The molecule has 0 saturated carbocycles. The monoisotopic (exact) mass is 364 g/mol. The number of anilines is 2. The quantitative estimate of drug-likeness (QED) is 0.765. The van der Waals surface area contributed by atoms with Crippen LogP contribution in [0.3, 0.4) is 0 Å². The predicted octanol–water partition coefficient (Wildman–Crippen LogP) is 1.87. The lowest BCUT2D eigenvalue weighted by atomic mass is 10.2. The molecule has 1 N–H and O–H groups in total. The smallest absolute Gasteiger partial charge is 0.275 e. The van der Waals surface area contributed by atoms with Crippen LogP contribution in [0, 0.1) is 0 Å². The van der Waals surface area contributed by atoms with Gasteiger partial charge in [0.2, 0.25) is 5.91 Å². The van der Waals surface area contributed by atoms with E-state index in [9.17, 15) is 9.59 Å². The van der Waals surface area contributed by atoms with Gasteiger partial charge in [-0.1, -0.05) is 18.2 Å². The third-order valence-corrected chi connectivity index (χ3v) is 4.58. The molecule has 0 bridgehead atoms. The fourth-order valence-corrected chi connectivity index (χ4v) is 3.15. The summed E-state index contributed by atoms with van der Waals surface area (Å²) in [6.07, 6.45) is 1.60. The van der Waals surface area contributed by atoms with E-state index in [1.165, 1.54) is 4.68 Å². The van der Waals surface area contributed by atoms with Crippen molar-refractivity contribution in [2.24, 2.45) is 0 Å². The van der Waals surface area contributed by atoms with Crippen LogP contribution in [0.5, 0.6) is 0 Å². The van der Waals surface area contributed by atoms with Crippen LogP contribution >= 0.6 is 0 Å². The molecule has 3 aromatic rings. The number of carbonyl (C=O) groups excluding carboxylic acids is 1. The normalized spacial score (nSPS) is 14.3. The molecular formula is C20H20N4O3. The molecule has 1 amide bonds. The van der Waals surface area contributed by atoms with E-state index >= 15 is 0 Å². The van der Waals surface area contributed by atoms with Gasteiger partial charge in [0.05, 0.1) is 24.8 Å². The molecule has 27 heavy (non-hydrogen) atoms. The lowest BCUT2D eigenvalue weighted by Crippen LogP contribution is -2.36. The van der Waals surface area contributed by atoms with Gasteiger partial charge in [0.15, 0.2) is 0 Å². The topological polar surface area (TPSA) is 76.5 Å². The predicted molar refractivity (Wildman–Crippen MR) is 104 cm³/mol. The molecule has 1 saturated heterocycles. The van der Waals surface area contributed by atoms with Gasteiger partial charge in [-0.15, -0.1) is 0 Å². The van der Waals surface area contributed by atoms with E-state index in [0.717, 1.165) is 37.4 Å². The molecule has 2 aromatic carbocycles. The van der Waals surface area contributed by atoms with Gasteiger partial charge in [-0.05, 0) is 30.3 Å². The highest BCUT2D eigenvalue weighted by molar-refractivity contribution is 5.91. The van der Waals surface area contributed by atoms with Crippen LogP contribution in [-0.4, -0.2) is 42.0 Å². The first-order valence-corrected chi connectivity index (χ1v) is 8.88. The number of rotatable bonds is 4. The molecule has 2 heterocycles. The van der Waals surface area contributed by atoms with Crippen LogP contribution in [0.4, 0.5) is 11.4 Å². The van der Waals surface area contributed by atoms with E-state index in [2.05, 4.69) is 15.3 Å². The summed E-state index contributed by atoms with van der Waals surface area (Å²) in [6.45, 7) is 3.05. The second-order valence-electron chi connectivity index (χ2n) is 6.39. The number of hydrogen-bond acceptors (Lipinski definition) is 5. The van der Waals surface area contributed by atoms with E-state index in [1.807, 2.05) is 36.4 Å². The first-order valence-electron chi connectivity index (χ1n) is 8.88. The first-order chi connectivity index (χ1) is 13.2. The van der Waals surface area contributed by atoms with E-state index < -0.39 is 0 Å². The molecular weight excluding hydrogens is 344 g/mol. The second-order valence-corrected chi connectivity index (χ2v) is 6.39. The second kappa shape index (κ2) is 7.59. The Morgan fingerprint density at radius 2 is 1.81 bits per heavy atom. The van der Waals surface area contributed by atoms with Crippen molar-refractivity contribution in [3.8, 4) is 0 Å². The molecule has 7 heteroatoms. The number of aromatic nitrogens is 2. The Labute approximate surface area is 156 Å². The summed E-state index contributed by atoms with van der Waals surface area (Å²) in [7, 11) is 0. The molecule has 1 aliphatic heterocycles. The summed E-state index contributed by atoms with van der Waals surface area (Å²) in [5, 5.41) is 8.22. The standard InChI is InChI=1S/C20H20N4O3/c25-19(14-24-20(26)18-4-2-1-3-15(18)13-21-24)22-16-5-7-17(8-6-16)23-9-11-27-12-10-23/h1-8,13H,9-12,14H2,(H,22,25). The molecule has 138 valence electrons. The highest BCUT2D eigenvalue weighted by atomic mass is 16.5. The number of nitrogens with zero attached hydrogens (tertiary/aromatic N) is 3. The average molecular weight is 364 g/mol. The minimum atomic E-state index is -0.293. The Balaban J connectivity index is 1.43. The minimum Gasteiger partial charge on any atom is -0.378 e. The van der Waals surface area contributed by atoms with Crippen molar-refractivity contribution in [1.82, 2.24) is 9.78 Å². The zero-order valence-electron chi connectivity index (χ0n) is 14.8. The fourth-order valence-electron chi connectivity index (χ4n) is 3.15. The molecule has 1 aliphatic rings. The van der Waals surface area contributed by atoms with Crippen LogP contribution in [0.2, 0.25) is 0 Å². The molecule has 0 atom stereocenters. The number of nitrogens with one attached hydrogen (secondary N) is 1. The molecule has 0 spiro atoms. The molecule has 0 unspecified atom stereocenters. The van der Waals surface area contributed by atoms with Gasteiger partial charge in [0.1, 0.15) is 6.54 Å². The summed E-state index contributed by atoms with van der Waals surface area (Å²) in [6, 6.07) is 14.9. The summed E-state index contributed by atoms with van der Waals surface area (Å²) in [5.74, 6) is -0.293. The zero-order chi connectivity index (χ0) is 18.6. The van der Waals surface area contributed by atoms with Crippen LogP contribution in [0.1, 0.15) is 0 Å². The number of hydrogen-bond donors (Lipinski definition) is 1. The molecule has 1 fully saturated rings. The Bertz CT molecular complexity index is 1010. The lowest BCUT2D eigenvalue weighted by Gasteiger charge is -2.28. The Kier molecular flexibility index (Phi) is 4.84. The fraction of sp³-hybridized carbons (Fsp3) is 0.250. The summed E-state index contributed by atoms with van der Waals surface area (Å²) in [5.41, 5.74) is 1.51. The van der Waals surface area contributed by atoms with E-state index in [4.69, 9.17) is 4.74 Å². The molecule has 0 aliphatic carbocycles. The SMILES string of the molecule is O=C(Cn1ncc2ccccc2c1=O)Nc1ccc(N2CCOCC2)cc1. The summed E-state index contributed by atoms with van der Waals surface area (Å²) in [4.78, 5) is 27.0. The van der Waals surface area contributed by atoms with Crippen molar-refractivity contribution in [2.45, 2.75) is 6.54 Å². The van der Waals surface area contributed by atoms with E-state index in [1.54, 1.807) is 18.3 Å². The summed E-state index contributed by atoms with van der Waals surface area (Å²) < 4.78 is 6.54. The molecule has 1 aromatic heterocycles. The zero-order valence-corrected chi connectivity index (χ0v) is 14.8. The molecule has 4 rings (SSSR count). The van der Waals surface area contributed by atoms with Crippen molar-refractivity contribution in [3.05, 3.63) is 65.1 Å². The number of carbonyl (C=O) groups is 1. The van der Waals surface area contributed by atoms with Crippen LogP contribution in [0.15, 0.2) is 59.5 Å². The number of ether oxygens (including phenoxy) is 1. The largest absolute Gasteiger partial charge is 0.378 e. The number of morpholine rings is 1. The van der Waals surface area contributed by atoms with Crippen LogP contribution < -0.4 is 15.8 Å². The number of fused-ring (bicyclic) bond motifs is 1. The highest BCUT2D eigenvalue weighted by Crippen LogP contribution is 2.19. The Morgan fingerprint density at radius 3 is 2.59 bits per heavy atom. The maximum absolute atomic E-state index is 12.4. The molecule has 7 nitrogen and oxygen atoms in total. The molecule has 0 radical (unpaired) electrons. The van der Waals surface area contributed by atoms with Crippen LogP contribution in [0.25, 0.3) is 10.8 Å². The van der Waals surface area contributed by atoms with Gasteiger partial charge in [-0.2, -0.15) is 5.10 Å². The lowest BCUT2D eigenvalue weighted by molar-refractivity contribution is -0.117. The van der Waals surface area contributed by atoms with Crippen molar-refractivity contribution in [2.75, 3.05) is 36.5 Å². The van der Waals surface area contributed by atoms with Crippen molar-refractivity contribution >= 4 is 28.1 Å². The maximum atomic E-state index is 12.4. The van der Waals surface area contributed by atoms with Crippen molar-refractivity contribution in [1.29, 1.82) is 0 Å². The third kappa shape index (κ3) is 3.83. The Hall–Kier alpha value is -3.19. The average Bonchev–Trinajstić information content (AvgIpc) is 2.71. The minimum absolute atomic E-state index is 0.130. The van der Waals surface area contributed by atoms with E-state index in [0.29, 0.717) is 11.1 Å².